The highest BCUT2D eigenvalue weighted by atomic mass is 32.1. The van der Waals surface area contributed by atoms with Gasteiger partial charge in [-0.25, -0.2) is 0 Å². The fourth-order valence-electron chi connectivity index (χ4n) is 3.52. The van der Waals surface area contributed by atoms with E-state index in [1.165, 1.54) is 0 Å². The van der Waals surface area contributed by atoms with Crippen molar-refractivity contribution in [2.24, 2.45) is 7.05 Å². The number of para-hydroxylation sites is 2. The Bertz CT molecular complexity index is 943. The van der Waals surface area contributed by atoms with Crippen molar-refractivity contribution in [3.05, 3.63) is 53.5 Å². The maximum Gasteiger partial charge on any atom is 0.272 e. The minimum atomic E-state index is 0.0375. The van der Waals surface area contributed by atoms with Crippen LogP contribution < -0.4 is 9.64 Å². The van der Waals surface area contributed by atoms with E-state index in [-0.39, 0.29) is 5.91 Å². The standard InChI is InChI=1S/C21H24N4O2S/c1-3-27-19-8-5-4-7-17(19)24-10-12-25(13-11-24)21(26)18-15-16(22-23(18)2)20-9-6-14-28-20/h4-9,14-15H,3,10-13H2,1-2H3. The summed E-state index contributed by atoms with van der Waals surface area (Å²) in [7, 11) is 1.83. The second kappa shape index (κ2) is 8.06. The quantitative estimate of drug-likeness (QED) is 0.662. The van der Waals surface area contributed by atoms with Crippen LogP contribution >= 0.6 is 11.3 Å². The molecule has 1 aromatic carbocycles. The molecule has 4 rings (SSSR count). The average Bonchev–Trinajstić information content (AvgIpc) is 3.38. The molecule has 0 N–H and O–H groups in total. The van der Waals surface area contributed by atoms with Gasteiger partial charge in [-0.2, -0.15) is 5.10 Å². The topological polar surface area (TPSA) is 50.6 Å². The maximum atomic E-state index is 13.0. The van der Waals surface area contributed by atoms with Gasteiger partial charge in [0.1, 0.15) is 17.1 Å². The largest absolute Gasteiger partial charge is 0.492 e. The van der Waals surface area contributed by atoms with Crippen molar-refractivity contribution < 1.29 is 9.53 Å². The van der Waals surface area contributed by atoms with Gasteiger partial charge in [0.15, 0.2) is 0 Å². The van der Waals surface area contributed by atoms with Crippen LogP contribution in [0.5, 0.6) is 5.75 Å². The van der Waals surface area contributed by atoms with Crippen LogP contribution in [-0.2, 0) is 7.05 Å². The molecule has 0 aliphatic carbocycles. The molecule has 0 radical (unpaired) electrons. The molecule has 1 fully saturated rings. The summed E-state index contributed by atoms with van der Waals surface area (Å²) in [5.41, 5.74) is 2.58. The molecule has 0 atom stereocenters. The third-order valence-electron chi connectivity index (χ3n) is 4.95. The lowest BCUT2D eigenvalue weighted by molar-refractivity contribution is 0.0735. The summed E-state index contributed by atoms with van der Waals surface area (Å²) in [4.78, 5) is 18.3. The molecule has 3 heterocycles. The Morgan fingerprint density at radius 2 is 1.93 bits per heavy atom. The van der Waals surface area contributed by atoms with Crippen LogP contribution in [0.4, 0.5) is 5.69 Å². The van der Waals surface area contributed by atoms with Gasteiger partial charge >= 0.3 is 0 Å². The summed E-state index contributed by atoms with van der Waals surface area (Å²) in [6.07, 6.45) is 0. The minimum Gasteiger partial charge on any atom is -0.492 e. The Labute approximate surface area is 169 Å². The monoisotopic (exact) mass is 396 g/mol. The summed E-state index contributed by atoms with van der Waals surface area (Å²) in [6, 6.07) is 14.0. The SMILES string of the molecule is CCOc1ccccc1N1CCN(C(=O)c2cc(-c3cccs3)nn2C)CC1. The normalized spacial score (nSPS) is 14.4. The zero-order valence-electron chi connectivity index (χ0n) is 16.2. The van der Waals surface area contributed by atoms with Gasteiger partial charge < -0.3 is 14.5 Å². The van der Waals surface area contributed by atoms with E-state index >= 15 is 0 Å². The Hall–Kier alpha value is -2.80. The third-order valence-corrected chi connectivity index (χ3v) is 5.84. The van der Waals surface area contributed by atoms with E-state index in [4.69, 9.17) is 4.74 Å². The predicted molar refractivity (Wildman–Crippen MR) is 112 cm³/mol. The van der Waals surface area contributed by atoms with Crippen LogP contribution in [0, 0.1) is 0 Å². The third kappa shape index (κ3) is 3.62. The summed E-state index contributed by atoms with van der Waals surface area (Å²) in [6.45, 7) is 5.56. The molecular weight excluding hydrogens is 372 g/mol. The van der Waals surface area contributed by atoms with E-state index in [2.05, 4.69) is 16.1 Å². The summed E-state index contributed by atoms with van der Waals surface area (Å²) in [5.74, 6) is 0.938. The summed E-state index contributed by atoms with van der Waals surface area (Å²) < 4.78 is 7.44. The van der Waals surface area contributed by atoms with E-state index in [1.807, 2.05) is 60.6 Å². The molecule has 1 aliphatic rings. The highest BCUT2D eigenvalue weighted by Crippen LogP contribution is 2.29. The fraction of sp³-hybridized carbons (Fsp3) is 0.333. The van der Waals surface area contributed by atoms with Crippen molar-refractivity contribution in [2.45, 2.75) is 6.92 Å². The van der Waals surface area contributed by atoms with Crippen molar-refractivity contribution in [3.8, 4) is 16.3 Å². The number of amides is 1. The fourth-order valence-corrected chi connectivity index (χ4v) is 4.20. The number of piperazine rings is 1. The van der Waals surface area contributed by atoms with E-state index in [1.54, 1.807) is 16.0 Å². The summed E-state index contributed by atoms with van der Waals surface area (Å²) in [5, 5.41) is 6.53. The number of carbonyl (C=O) groups is 1. The number of carbonyl (C=O) groups excluding carboxylic acids is 1. The molecule has 1 amide bonds. The number of rotatable bonds is 5. The van der Waals surface area contributed by atoms with Gasteiger partial charge in [-0.1, -0.05) is 18.2 Å². The zero-order chi connectivity index (χ0) is 19.5. The van der Waals surface area contributed by atoms with Crippen LogP contribution in [0.3, 0.4) is 0 Å². The first-order valence-electron chi connectivity index (χ1n) is 9.51. The number of benzene rings is 1. The van der Waals surface area contributed by atoms with Gasteiger partial charge in [0, 0.05) is 33.2 Å². The van der Waals surface area contributed by atoms with Gasteiger partial charge in [0.25, 0.3) is 5.91 Å². The molecule has 7 heteroatoms. The number of nitrogens with zero attached hydrogens (tertiary/aromatic N) is 4. The number of thiophene rings is 1. The Morgan fingerprint density at radius 1 is 1.14 bits per heavy atom. The van der Waals surface area contributed by atoms with E-state index in [9.17, 15) is 4.79 Å². The molecule has 0 spiro atoms. The van der Waals surface area contributed by atoms with Crippen LogP contribution in [0.15, 0.2) is 47.8 Å². The number of hydrogen-bond acceptors (Lipinski definition) is 5. The van der Waals surface area contributed by atoms with E-state index < -0.39 is 0 Å². The van der Waals surface area contributed by atoms with Gasteiger partial charge in [-0.15, -0.1) is 11.3 Å². The molecule has 6 nitrogen and oxygen atoms in total. The lowest BCUT2D eigenvalue weighted by Crippen LogP contribution is -2.49. The molecule has 0 unspecified atom stereocenters. The number of aryl methyl sites for hydroxylation is 1. The van der Waals surface area contributed by atoms with Crippen LogP contribution in [0.2, 0.25) is 0 Å². The number of aromatic nitrogens is 2. The van der Waals surface area contributed by atoms with Crippen LogP contribution in [0.25, 0.3) is 10.6 Å². The number of anilines is 1. The molecule has 0 saturated carbocycles. The Kier molecular flexibility index (Phi) is 5.34. The lowest BCUT2D eigenvalue weighted by atomic mass is 10.2. The first-order valence-corrected chi connectivity index (χ1v) is 10.4. The van der Waals surface area contributed by atoms with Crippen molar-refractivity contribution >= 4 is 22.9 Å². The van der Waals surface area contributed by atoms with Gasteiger partial charge in [-0.05, 0) is 36.6 Å². The first kappa shape index (κ1) is 18.6. The number of hydrogen-bond donors (Lipinski definition) is 0. The molecule has 1 saturated heterocycles. The minimum absolute atomic E-state index is 0.0375. The van der Waals surface area contributed by atoms with Gasteiger partial charge in [0.05, 0.1) is 17.2 Å². The molecule has 28 heavy (non-hydrogen) atoms. The second-order valence-corrected chi connectivity index (χ2v) is 7.64. The zero-order valence-corrected chi connectivity index (χ0v) is 17.0. The first-order chi connectivity index (χ1) is 13.7. The van der Waals surface area contributed by atoms with Gasteiger partial charge in [-0.3, -0.25) is 9.48 Å². The molecule has 146 valence electrons. The van der Waals surface area contributed by atoms with E-state index in [0.717, 1.165) is 35.1 Å². The maximum absolute atomic E-state index is 13.0. The second-order valence-electron chi connectivity index (χ2n) is 6.70. The molecule has 2 aromatic heterocycles. The van der Waals surface area contributed by atoms with Crippen LogP contribution in [0.1, 0.15) is 17.4 Å². The molecule has 3 aromatic rings. The molecular formula is C21H24N4O2S. The molecule has 1 aliphatic heterocycles. The predicted octanol–water partition coefficient (Wildman–Crippen LogP) is 3.51. The van der Waals surface area contributed by atoms with Gasteiger partial charge in [0.2, 0.25) is 0 Å². The molecule has 0 bridgehead atoms. The van der Waals surface area contributed by atoms with Crippen LogP contribution in [-0.4, -0.2) is 53.4 Å². The van der Waals surface area contributed by atoms with Crippen molar-refractivity contribution in [3.63, 3.8) is 0 Å². The van der Waals surface area contributed by atoms with Crippen molar-refractivity contribution in [1.82, 2.24) is 14.7 Å². The Balaban J connectivity index is 1.45. The highest BCUT2D eigenvalue weighted by molar-refractivity contribution is 7.13. The average molecular weight is 397 g/mol. The number of ether oxygens (including phenoxy) is 1. The van der Waals surface area contributed by atoms with E-state index in [0.29, 0.717) is 25.4 Å². The van der Waals surface area contributed by atoms with Crippen molar-refractivity contribution in [1.29, 1.82) is 0 Å². The Morgan fingerprint density at radius 3 is 2.64 bits per heavy atom. The lowest BCUT2D eigenvalue weighted by Gasteiger charge is -2.36. The highest BCUT2D eigenvalue weighted by Gasteiger charge is 2.26. The summed E-state index contributed by atoms with van der Waals surface area (Å²) >= 11 is 1.63. The smallest absolute Gasteiger partial charge is 0.272 e. The van der Waals surface area contributed by atoms with Crippen molar-refractivity contribution in [2.75, 3.05) is 37.7 Å².